The maximum absolute atomic E-state index is 11.0. The first-order valence-electron chi connectivity index (χ1n) is 5.37. The number of amides is 1. The Hall–Kier alpha value is 6.37. The van der Waals surface area contributed by atoms with Crippen LogP contribution in [0.15, 0.2) is 0 Å². The Bertz CT molecular complexity index is 697. The summed E-state index contributed by atoms with van der Waals surface area (Å²) in [7, 11) is -39.3. The molecule has 0 aliphatic carbocycles. The number of phosphoric acid groups is 6. The number of carbonyl (C=O) groups is 1. The third-order valence-electron chi connectivity index (χ3n) is 1.20. The van der Waals surface area contributed by atoms with Gasteiger partial charge in [-0.3, -0.25) is 32.2 Å². The molecular formula is C2H5NNa6O19P6. The van der Waals surface area contributed by atoms with Crippen molar-refractivity contribution in [3.63, 3.8) is 0 Å². The molecule has 2 N–H and O–H groups in total. The maximum atomic E-state index is 11.0. The topological polar surface area (TPSA) is 339 Å². The van der Waals surface area contributed by atoms with Crippen molar-refractivity contribution < 1.29 is 265 Å². The Kier molecular flexibility index (Phi) is 36.3. The first-order chi connectivity index (χ1) is 12.0. The van der Waals surface area contributed by atoms with Gasteiger partial charge in [0, 0.05) is 6.92 Å². The fraction of sp³-hybridized carbons (Fsp3) is 0.500. The van der Waals surface area contributed by atoms with Crippen molar-refractivity contribution in [2.24, 2.45) is 5.73 Å². The van der Waals surface area contributed by atoms with Crippen LogP contribution in [0.5, 0.6) is 0 Å². The van der Waals surface area contributed by atoms with Gasteiger partial charge in [-0.15, -0.1) is 0 Å². The summed E-state index contributed by atoms with van der Waals surface area (Å²) >= 11 is 0. The van der Waals surface area contributed by atoms with E-state index in [4.69, 9.17) is 0 Å². The van der Waals surface area contributed by atoms with Gasteiger partial charge in [0.1, 0.15) is 0 Å². The molecule has 1 rings (SSSR count). The Labute approximate surface area is 324 Å². The summed E-state index contributed by atoms with van der Waals surface area (Å²) in [5.41, 5.74) is 4.47. The van der Waals surface area contributed by atoms with Gasteiger partial charge in [0.15, 0.2) is 0 Å². The van der Waals surface area contributed by atoms with Crippen LogP contribution in [0.1, 0.15) is 6.92 Å². The summed E-state index contributed by atoms with van der Waals surface area (Å²) in [6.45, 7) is 1.31. The summed E-state index contributed by atoms with van der Waals surface area (Å²) in [4.78, 5) is 75.0. The molecule has 34 heavy (non-hydrogen) atoms. The molecule has 1 amide bonds. The van der Waals surface area contributed by atoms with E-state index < -0.39 is 46.9 Å². The van der Waals surface area contributed by atoms with E-state index in [1.165, 1.54) is 6.92 Å². The van der Waals surface area contributed by atoms with Gasteiger partial charge in [0.2, 0.25) is 5.91 Å². The van der Waals surface area contributed by atoms with Crippen molar-refractivity contribution in [1.82, 2.24) is 0 Å². The second-order valence-electron chi connectivity index (χ2n) is 3.78. The quantitative estimate of drug-likeness (QED) is 0.184. The Morgan fingerprint density at radius 3 is 0.588 bits per heavy atom. The van der Waals surface area contributed by atoms with Crippen molar-refractivity contribution >= 4 is 52.8 Å². The predicted molar refractivity (Wildman–Crippen MR) is 67.0 cm³/mol. The zero-order chi connectivity index (χ0) is 22.8. The molecule has 0 aromatic carbocycles. The summed E-state index contributed by atoms with van der Waals surface area (Å²) in [5, 5.41) is 0. The smallest absolute Gasteiger partial charge is 0.756 e. The molecule has 0 bridgehead atoms. The van der Waals surface area contributed by atoms with Crippen molar-refractivity contribution in [1.29, 1.82) is 0 Å². The SMILES string of the molecule is CC(N)=O.O=P1([O-])OP(=O)([O-])OP(=O)([O-])OP(=O)([O-])OP(=O)([O-])OP(=O)([O-])O1.[Na+].[Na+].[Na+].[Na+].[Na+].[Na+]. The second-order valence-corrected chi connectivity index (χ2v) is 13.1. The maximum Gasteiger partial charge on any atom is 1.00 e. The van der Waals surface area contributed by atoms with Crippen molar-refractivity contribution in [2.45, 2.75) is 6.92 Å². The molecule has 0 unspecified atom stereocenters. The van der Waals surface area contributed by atoms with Crippen LogP contribution in [0.4, 0.5) is 0 Å². The first-order valence-corrected chi connectivity index (χ1v) is 14.1. The van der Waals surface area contributed by atoms with E-state index in [9.17, 15) is 61.5 Å². The minimum Gasteiger partial charge on any atom is -0.756 e. The zero-order valence-electron chi connectivity index (χ0n) is 18.5. The Morgan fingerprint density at radius 1 is 0.471 bits per heavy atom. The fourth-order valence-electron chi connectivity index (χ4n) is 0.824. The molecule has 1 saturated heterocycles. The van der Waals surface area contributed by atoms with Crippen LogP contribution in [0.2, 0.25) is 0 Å². The Morgan fingerprint density at radius 2 is 0.529 bits per heavy atom. The number of hydrogen-bond donors (Lipinski definition) is 1. The van der Waals surface area contributed by atoms with Gasteiger partial charge in [-0.05, 0) is 0 Å². The molecule has 0 atom stereocenters. The number of hydrogen-bond acceptors (Lipinski definition) is 19. The van der Waals surface area contributed by atoms with Gasteiger partial charge in [0.05, 0.1) is 0 Å². The fourth-order valence-corrected chi connectivity index (χ4v) is 9.03. The van der Waals surface area contributed by atoms with Crippen LogP contribution in [0.3, 0.4) is 0 Å². The molecule has 0 radical (unpaired) electrons. The molecule has 1 heterocycles. The molecule has 1 aliphatic heterocycles. The minimum absolute atomic E-state index is 0. The zero-order valence-corrected chi connectivity index (χ0v) is 35.9. The summed E-state index contributed by atoms with van der Waals surface area (Å²) in [5.74, 6) is -0.333. The van der Waals surface area contributed by atoms with E-state index >= 15 is 0 Å². The van der Waals surface area contributed by atoms with Gasteiger partial charge in [-0.2, -0.15) is 0 Å². The molecular weight excluding hydrogens is 666 g/mol. The van der Waals surface area contributed by atoms with E-state index in [1.54, 1.807) is 0 Å². The summed E-state index contributed by atoms with van der Waals surface area (Å²) < 4.78 is 83.4. The average molecular weight is 671 g/mol. The molecule has 0 aromatic heterocycles. The van der Waals surface area contributed by atoms with Crippen molar-refractivity contribution in [2.75, 3.05) is 0 Å². The third-order valence-corrected chi connectivity index (χ3v) is 10.8. The van der Waals surface area contributed by atoms with Crippen LogP contribution in [0, 0.1) is 0 Å². The molecule has 20 nitrogen and oxygen atoms in total. The van der Waals surface area contributed by atoms with Gasteiger partial charge in [-0.1, -0.05) is 0 Å². The monoisotopic (exact) mass is 671 g/mol. The molecule has 0 spiro atoms. The standard InChI is InChI=1S/C2H5NO.6Na.H6O18P6/c1-2(3)4;;;;;;;1-19(2)13-20(3,4)15-22(7,8)17-24(11,12)18-23(9,10)16-21(5,6)14-19/h1H3,(H2,3,4);;;;;;;(H,1,2)(H,3,4)(H,5,6)(H,7,8)(H,9,10)(H,11,12)/q;6*+1;/p-6. The number of primary amides is 1. The first kappa shape index (κ1) is 56.2. The van der Waals surface area contributed by atoms with Gasteiger partial charge < -0.3 is 35.1 Å². The molecule has 0 saturated carbocycles. The van der Waals surface area contributed by atoms with Crippen LogP contribution in [0.25, 0.3) is 0 Å². The van der Waals surface area contributed by atoms with E-state index in [0.717, 1.165) is 0 Å². The molecule has 1 fully saturated rings. The van der Waals surface area contributed by atoms with Crippen LogP contribution in [-0.4, -0.2) is 5.91 Å². The third kappa shape index (κ3) is 29.8. The van der Waals surface area contributed by atoms with Crippen molar-refractivity contribution in [3.05, 3.63) is 0 Å². The number of nitrogens with two attached hydrogens (primary N) is 1. The van der Waals surface area contributed by atoms with Crippen LogP contribution in [-0.2, 0) is 58.0 Å². The number of carbonyl (C=O) groups excluding carboxylic acids is 1. The minimum atomic E-state index is -6.56. The van der Waals surface area contributed by atoms with Crippen molar-refractivity contribution in [3.8, 4) is 0 Å². The summed E-state index contributed by atoms with van der Waals surface area (Å²) in [6, 6.07) is 0. The largest absolute Gasteiger partial charge is 1.00 e. The van der Waals surface area contributed by atoms with E-state index in [0.29, 0.717) is 0 Å². The average Bonchev–Trinajstić information content (AvgIpc) is 2.12. The molecule has 0 aromatic rings. The van der Waals surface area contributed by atoms with Gasteiger partial charge in [-0.25, -0.2) is 25.9 Å². The molecule has 168 valence electrons. The van der Waals surface area contributed by atoms with E-state index in [2.05, 4.69) is 31.6 Å². The Balaban J connectivity index is -0.000000135. The second kappa shape index (κ2) is 22.0. The van der Waals surface area contributed by atoms with E-state index in [-0.39, 0.29) is 183 Å². The van der Waals surface area contributed by atoms with Gasteiger partial charge >= 0.3 is 177 Å². The molecule has 1 aliphatic rings. The van der Waals surface area contributed by atoms with E-state index in [1.807, 2.05) is 0 Å². The van der Waals surface area contributed by atoms with Gasteiger partial charge in [0.25, 0.3) is 46.9 Å². The summed E-state index contributed by atoms with van der Waals surface area (Å²) in [6.07, 6.45) is 0. The molecule has 32 heteroatoms. The van der Waals surface area contributed by atoms with Crippen LogP contribution < -0.4 is 212 Å². The van der Waals surface area contributed by atoms with Crippen LogP contribution >= 0.6 is 46.9 Å². The predicted octanol–water partition coefficient (Wildman–Crippen LogP) is -21.6. The number of rotatable bonds is 0. The normalized spacial score (nSPS) is 39.7.